The highest BCUT2D eigenvalue weighted by atomic mass is 19.1. The van der Waals surface area contributed by atoms with Crippen LogP contribution in [0.2, 0.25) is 0 Å². The number of halogens is 1. The highest BCUT2D eigenvalue weighted by Crippen LogP contribution is 2.26. The average molecular weight is 417 g/mol. The standard InChI is InChI=1S/C23H16FN3O4/c24-19-9-7-15(11-18(19)20(25)28)26-21(29)14-6-8-16-17(10-14)23(31)27(22(16)30)12-13-4-2-1-3-5-13/h1-11H,12H2,(H2,25,28)(H,26,29). The number of imide groups is 1. The van der Waals surface area contributed by atoms with E-state index in [0.29, 0.717) is 0 Å². The molecule has 154 valence electrons. The number of rotatable bonds is 5. The molecule has 3 aromatic rings. The second-order valence-corrected chi connectivity index (χ2v) is 6.96. The Bertz CT molecular complexity index is 1240. The topological polar surface area (TPSA) is 110 Å². The summed E-state index contributed by atoms with van der Waals surface area (Å²) in [5, 5.41) is 2.53. The molecule has 3 N–H and O–H groups in total. The molecule has 4 amide bonds. The summed E-state index contributed by atoms with van der Waals surface area (Å²) >= 11 is 0. The van der Waals surface area contributed by atoms with Crippen LogP contribution in [0.1, 0.15) is 47.0 Å². The maximum Gasteiger partial charge on any atom is 0.261 e. The second kappa shape index (κ2) is 7.83. The van der Waals surface area contributed by atoms with Crippen LogP contribution in [0.15, 0.2) is 66.7 Å². The van der Waals surface area contributed by atoms with Gasteiger partial charge >= 0.3 is 0 Å². The first kappa shape index (κ1) is 20.0. The highest BCUT2D eigenvalue weighted by molar-refractivity contribution is 6.22. The number of nitrogens with one attached hydrogen (secondary N) is 1. The van der Waals surface area contributed by atoms with E-state index >= 15 is 0 Å². The fourth-order valence-corrected chi connectivity index (χ4v) is 3.34. The molecule has 0 aromatic heterocycles. The Morgan fingerprint density at radius 1 is 0.903 bits per heavy atom. The summed E-state index contributed by atoms with van der Waals surface area (Å²) in [5.74, 6) is -3.28. The van der Waals surface area contributed by atoms with Crippen LogP contribution in [0, 0.1) is 5.82 Å². The SMILES string of the molecule is NC(=O)c1cc(NC(=O)c2ccc3c(c2)C(=O)N(Cc2ccccc2)C3=O)ccc1F. The number of nitrogens with zero attached hydrogens (tertiary/aromatic N) is 1. The number of carbonyl (C=O) groups is 4. The zero-order chi connectivity index (χ0) is 22.1. The maximum atomic E-state index is 13.6. The van der Waals surface area contributed by atoms with Crippen molar-refractivity contribution >= 4 is 29.3 Å². The number of hydrogen-bond acceptors (Lipinski definition) is 4. The molecule has 0 fully saturated rings. The number of anilines is 1. The summed E-state index contributed by atoms with van der Waals surface area (Å²) in [6.07, 6.45) is 0. The van der Waals surface area contributed by atoms with Crippen molar-refractivity contribution in [3.63, 3.8) is 0 Å². The Labute approximate surface area is 176 Å². The van der Waals surface area contributed by atoms with Crippen molar-refractivity contribution in [3.05, 3.63) is 100 Å². The van der Waals surface area contributed by atoms with E-state index in [4.69, 9.17) is 5.73 Å². The smallest absolute Gasteiger partial charge is 0.261 e. The third-order valence-electron chi connectivity index (χ3n) is 4.91. The molecule has 0 aliphatic carbocycles. The molecular formula is C23H16FN3O4. The van der Waals surface area contributed by atoms with Gasteiger partial charge in [0.05, 0.1) is 23.2 Å². The highest BCUT2D eigenvalue weighted by Gasteiger charge is 2.36. The second-order valence-electron chi connectivity index (χ2n) is 6.96. The summed E-state index contributed by atoms with van der Waals surface area (Å²) in [5.41, 5.74) is 6.20. The van der Waals surface area contributed by atoms with Crippen LogP contribution in [0.3, 0.4) is 0 Å². The van der Waals surface area contributed by atoms with Gasteiger partial charge in [0.15, 0.2) is 0 Å². The van der Waals surface area contributed by atoms with E-state index in [-0.39, 0.29) is 34.5 Å². The normalized spacial score (nSPS) is 12.6. The Morgan fingerprint density at radius 3 is 2.32 bits per heavy atom. The van der Waals surface area contributed by atoms with Gasteiger partial charge in [-0.15, -0.1) is 0 Å². The minimum absolute atomic E-state index is 0.125. The molecule has 0 spiro atoms. The number of benzene rings is 3. The molecule has 0 bridgehead atoms. The lowest BCUT2D eigenvalue weighted by atomic mass is 10.1. The first-order valence-corrected chi connectivity index (χ1v) is 9.30. The summed E-state index contributed by atoms with van der Waals surface area (Å²) in [4.78, 5) is 50.4. The molecule has 8 heteroatoms. The Morgan fingerprint density at radius 2 is 1.61 bits per heavy atom. The van der Waals surface area contributed by atoms with E-state index in [0.717, 1.165) is 22.6 Å². The first-order chi connectivity index (χ1) is 14.8. The van der Waals surface area contributed by atoms with E-state index < -0.39 is 29.4 Å². The monoisotopic (exact) mass is 417 g/mol. The number of primary amides is 1. The van der Waals surface area contributed by atoms with E-state index in [9.17, 15) is 23.6 Å². The zero-order valence-electron chi connectivity index (χ0n) is 16.1. The molecule has 1 aliphatic heterocycles. The van der Waals surface area contributed by atoms with Crippen molar-refractivity contribution in [2.24, 2.45) is 5.73 Å². The van der Waals surface area contributed by atoms with Crippen molar-refractivity contribution in [2.45, 2.75) is 6.54 Å². The lowest BCUT2D eigenvalue weighted by Gasteiger charge is -2.13. The predicted molar refractivity (Wildman–Crippen MR) is 110 cm³/mol. The summed E-state index contributed by atoms with van der Waals surface area (Å²) in [6.45, 7) is 0.125. The van der Waals surface area contributed by atoms with Crippen LogP contribution in [0.25, 0.3) is 0 Å². The molecule has 7 nitrogen and oxygen atoms in total. The fraction of sp³-hybridized carbons (Fsp3) is 0.0435. The van der Waals surface area contributed by atoms with Gasteiger partial charge in [0.2, 0.25) is 0 Å². The van der Waals surface area contributed by atoms with Crippen LogP contribution < -0.4 is 11.1 Å². The third-order valence-corrected chi connectivity index (χ3v) is 4.91. The van der Waals surface area contributed by atoms with Crippen molar-refractivity contribution in [3.8, 4) is 0 Å². The number of amides is 4. The van der Waals surface area contributed by atoms with Gasteiger partial charge < -0.3 is 11.1 Å². The lowest BCUT2D eigenvalue weighted by molar-refractivity contribution is 0.0642. The molecular weight excluding hydrogens is 401 g/mol. The van der Waals surface area contributed by atoms with Gasteiger partial charge in [-0.2, -0.15) is 0 Å². The largest absolute Gasteiger partial charge is 0.366 e. The van der Waals surface area contributed by atoms with Crippen LogP contribution in [-0.2, 0) is 6.54 Å². The van der Waals surface area contributed by atoms with Gasteiger partial charge in [0.25, 0.3) is 23.6 Å². The van der Waals surface area contributed by atoms with Crippen LogP contribution in [-0.4, -0.2) is 28.5 Å². The van der Waals surface area contributed by atoms with Crippen molar-refractivity contribution in [2.75, 3.05) is 5.32 Å². The summed E-state index contributed by atoms with van der Waals surface area (Å²) < 4.78 is 13.6. The van der Waals surface area contributed by atoms with Gasteiger partial charge in [0.1, 0.15) is 5.82 Å². The van der Waals surface area contributed by atoms with Gasteiger partial charge in [-0.25, -0.2) is 4.39 Å². The third kappa shape index (κ3) is 3.78. The van der Waals surface area contributed by atoms with Gasteiger partial charge in [-0.1, -0.05) is 30.3 Å². The maximum absolute atomic E-state index is 13.6. The van der Waals surface area contributed by atoms with Crippen molar-refractivity contribution < 1.29 is 23.6 Å². The molecule has 3 aromatic carbocycles. The average Bonchev–Trinajstić information content (AvgIpc) is 3.00. The molecule has 0 unspecified atom stereocenters. The Balaban J connectivity index is 1.56. The van der Waals surface area contributed by atoms with Crippen molar-refractivity contribution in [1.82, 2.24) is 4.90 Å². The summed E-state index contributed by atoms with van der Waals surface area (Å²) in [7, 11) is 0. The fourth-order valence-electron chi connectivity index (χ4n) is 3.34. The molecule has 1 heterocycles. The lowest BCUT2D eigenvalue weighted by Crippen LogP contribution is -2.29. The molecule has 0 saturated carbocycles. The molecule has 0 atom stereocenters. The number of nitrogens with two attached hydrogens (primary N) is 1. The Hall–Kier alpha value is -4.33. The van der Waals surface area contributed by atoms with Gasteiger partial charge in [0, 0.05) is 11.3 Å². The number of carbonyl (C=O) groups excluding carboxylic acids is 4. The van der Waals surface area contributed by atoms with Crippen LogP contribution in [0.5, 0.6) is 0 Å². The molecule has 0 radical (unpaired) electrons. The molecule has 31 heavy (non-hydrogen) atoms. The minimum atomic E-state index is -0.964. The quantitative estimate of drug-likeness (QED) is 0.622. The van der Waals surface area contributed by atoms with Crippen LogP contribution in [0.4, 0.5) is 10.1 Å². The first-order valence-electron chi connectivity index (χ1n) is 9.30. The van der Waals surface area contributed by atoms with Crippen molar-refractivity contribution in [1.29, 1.82) is 0 Å². The zero-order valence-corrected chi connectivity index (χ0v) is 16.1. The minimum Gasteiger partial charge on any atom is -0.366 e. The summed E-state index contributed by atoms with van der Waals surface area (Å²) in [6, 6.07) is 16.7. The van der Waals surface area contributed by atoms with E-state index in [1.165, 1.54) is 24.3 Å². The number of fused-ring (bicyclic) bond motifs is 1. The van der Waals surface area contributed by atoms with E-state index in [2.05, 4.69) is 5.32 Å². The van der Waals surface area contributed by atoms with Crippen LogP contribution >= 0.6 is 0 Å². The van der Waals surface area contributed by atoms with E-state index in [1.54, 1.807) is 0 Å². The predicted octanol–water partition coefficient (Wildman–Crippen LogP) is 2.97. The molecule has 1 aliphatic rings. The molecule has 0 saturated heterocycles. The van der Waals surface area contributed by atoms with Gasteiger partial charge in [-0.05, 0) is 42.0 Å². The van der Waals surface area contributed by atoms with E-state index in [1.807, 2.05) is 30.3 Å². The van der Waals surface area contributed by atoms with Gasteiger partial charge in [-0.3, -0.25) is 24.1 Å². The Kier molecular flexibility index (Phi) is 5.04. The number of hydrogen-bond donors (Lipinski definition) is 2. The molecule has 4 rings (SSSR count).